The fraction of sp³-hybridized carbons (Fsp3) is 0.864. The fourth-order valence-corrected chi connectivity index (χ4v) is 3.61. The van der Waals surface area contributed by atoms with E-state index in [1.165, 1.54) is 0 Å². The third-order valence-electron chi connectivity index (χ3n) is 4.23. The van der Waals surface area contributed by atoms with Crippen LogP contribution in [-0.4, -0.2) is 24.3 Å². The quantitative estimate of drug-likeness (QED) is 0.432. The zero-order valence-corrected chi connectivity index (χ0v) is 18.3. The number of allylic oxidation sites excluding steroid dienone is 2. The van der Waals surface area contributed by atoms with Gasteiger partial charge in [0.15, 0.2) is 0 Å². The van der Waals surface area contributed by atoms with Crippen LogP contribution in [0.25, 0.3) is 0 Å². The molecule has 3 nitrogen and oxygen atoms in total. The van der Waals surface area contributed by atoms with E-state index >= 15 is 0 Å². The summed E-state index contributed by atoms with van der Waals surface area (Å²) in [5.41, 5.74) is -0.251. The standard InChI is InChI=1S/C22H42O3/c1-17(13-23)14-25-18(24)22(9,10)16-21(7,8)12-11-20(5,6)15-19(2,3)4/h11-12,17,23H,13-16H2,1-10H3/b12-11-/t17-/m1/s1. The molecule has 0 heterocycles. The molecule has 0 fully saturated rings. The van der Waals surface area contributed by atoms with Gasteiger partial charge in [-0.25, -0.2) is 0 Å². The highest BCUT2D eigenvalue weighted by molar-refractivity contribution is 5.76. The summed E-state index contributed by atoms with van der Waals surface area (Å²) in [7, 11) is 0. The van der Waals surface area contributed by atoms with Crippen molar-refractivity contribution < 1.29 is 14.6 Å². The van der Waals surface area contributed by atoms with Gasteiger partial charge in [0.25, 0.3) is 0 Å². The molecule has 148 valence electrons. The lowest BCUT2D eigenvalue weighted by atomic mass is 9.72. The fourth-order valence-electron chi connectivity index (χ4n) is 3.61. The Morgan fingerprint density at radius 2 is 1.36 bits per heavy atom. The molecule has 1 atom stereocenters. The Morgan fingerprint density at radius 3 is 1.76 bits per heavy atom. The number of aliphatic hydroxyl groups is 1. The highest BCUT2D eigenvalue weighted by Gasteiger charge is 2.35. The van der Waals surface area contributed by atoms with Crippen molar-refractivity contribution in [3.05, 3.63) is 12.2 Å². The van der Waals surface area contributed by atoms with E-state index in [-0.39, 0.29) is 41.3 Å². The van der Waals surface area contributed by atoms with Crippen LogP contribution in [0.1, 0.15) is 82.1 Å². The van der Waals surface area contributed by atoms with Crippen LogP contribution in [0.3, 0.4) is 0 Å². The number of hydrogen-bond acceptors (Lipinski definition) is 3. The van der Waals surface area contributed by atoms with E-state index in [9.17, 15) is 4.79 Å². The van der Waals surface area contributed by atoms with E-state index in [0.717, 1.165) is 6.42 Å². The first-order chi connectivity index (χ1) is 11.0. The Morgan fingerprint density at radius 1 is 0.920 bits per heavy atom. The zero-order valence-electron chi connectivity index (χ0n) is 18.3. The van der Waals surface area contributed by atoms with E-state index < -0.39 is 5.41 Å². The second kappa shape index (κ2) is 8.70. The summed E-state index contributed by atoms with van der Waals surface area (Å²) in [4.78, 5) is 12.4. The molecular formula is C22H42O3. The van der Waals surface area contributed by atoms with Crippen molar-refractivity contribution in [3.8, 4) is 0 Å². The molecule has 0 spiro atoms. The summed E-state index contributed by atoms with van der Waals surface area (Å²) >= 11 is 0. The highest BCUT2D eigenvalue weighted by atomic mass is 16.5. The first kappa shape index (κ1) is 24.2. The first-order valence-electron chi connectivity index (χ1n) is 9.48. The van der Waals surface area contributed by atoms with Crippen molar-refractivity contribution in [2.75, 3.05) is 13.2 Å². The minimum atomic E-state index is -0.558. The van der Waals surface area contributed by atoms with E-state index in [1.807, 2.05) is 20.8 Å². The smallest absolute Gasteiger partial charge is 0.311 e. The summed E-state index contributed by atoms with van der Waals surface area (Å²) in [5.74, 6) is -0.214. The van der Waals surface area contributed by atoms with Gasteiger partial charge in [-0.1, -0.05) is 67.5 Å². The summed E-state index contributed by atoms with van der Waals surface area (Å²) in [6.45, 7) is 21.7. The van der Waals surface area contributed by atoms with Crippen LogP contribution < -0.4 is 0 Å². The third-order valence-corrected chi connectivity index (χ3v) is 4.23. The van der Waals surface area contributed by atoms with E-state index in [1.54, 1.807) is 0 Å². The minimum absolute atomic E-state index is 0.0224. The molecule has 0 aliphatic heterocycles. The number of esters is 1. The van der Waals surface area contributed by atoms with E-state index in [4.69, 9.17) is 9.84 Å². The average Bonchev–Trinajstić information content (AvgIpc) is 2.38. The van der Waals surface area contributed by atoms with Gasteiger partial charge in [-0.2, -0.15) is 0 Å². The normalized spacial score (nSPS) is 15.5. The van der Waals surface area contributed by atoms with Gasteiger partial charge in [0, 0.05) is 12.5 Å². The first-order valence-corrected chi connectivity index (χ1v) is 9.48. The van der Waals surface area contributed by atoms with Crippen molar-refractivity contribution in [1.29, 1.82) is 0 Å². The second-order valence-electron chi connectivity index (χ2n) is 11.0. The van der Waals surface area contributed by atoms with Gasteiger partial charge in [0.05, 0.1) is 12.0 Å². The van der Waals surface area contributed by atoms with Crippen LogP contribution in [0.2, 0.25) is 0 Å². The molecular weight excluding hydrogens is 312 g/mol. The number of carbonyl (C=O) groups excluding carboxylic acids is 1. The molecule has 0 unspecified atom stereocenters. The van der Waals surface area contributed by atoms with E-state index in [0.29, 0.717) is 6.42 Å². The van der Waals surface area contributed by atoms with Crippen LogP contribution in [0.15, 0.2) is 12.2 Å². The third kappa shape index (κ3) is 10.7. The lowest BCUT2D eigenvalue weighted by Gasteiger charge is -2.34. The van der Waals surface area contributed by atoms with Gasteiger partial charge >= 0.3 is 5.97 Å². The maximum atomic E-state index is 12.4. The molecule has 0 amide bonds. The zero-order chi connectivity index (χ0) is 20.1. The molecule has 0 aliphatic carbocycles. The van der Waals surface area contributed by atoms with Crippen LogP contribution in [-0.2, 0) is 9.53 Å². The highest BCUT2D eigenvalue weighted by Crippen LogP contribution is 2.39. The molecule has 3 heteroatoms. The monoisotopic (exact) mass is 354 g/mol. The predicted molar refractivity (Wildman–Crippen MR) is 106 cm³/mol. The summed E-state index contributed by atoms with van der Waals surface area (Å²) in [5, 5.41) is 9.06. The van der Waals surface area contributed by atoms with Gasteiger partial charge in [0.1, 0.15) is 0 Å². The molecule has 0 saturated carbocycles. The Hall–Kier alpha value is -0.830. The molecule has 0 aromatic rings. The Bertz CT molecular complexity index is 450. The van der Waals surface area contributed by atoms with Gasteiger partial charge in [-0.3, -0.25) is 4.79 Å². The molecule has 0 aromatic heterocycles. The minimum Gasteiger partial charge on any atom is -0.465 e. The van der Waals surface area contributed by atoms with Crippen molar-refractivity contribution in [2.45, 2.75) is 82.1 Å². The Labute approximate surface area is 156 Å². The summed E-state index contributed by atoms with van der Waals surface area (Å²) in [6, 6.07) is 0. The van der Waals surface area contributed by atoms with Gasteiger partial charge in [-0.15, -0.1) is 0 Å². The summed E-state index contributed by atoms with van der Waals surface area (Å²) in [6.07, 6.45) is 6.38. The Kier molecular flexibility index (Phi) is 8.42. The van der Waals surface area contributed by atoms with Gasteiger partial charge in [0.2, 0.25) is 0 Å². The maximum Gasteiger partial charge on any atom is 0.311 e. The molecule has 25 heavy (non-hydrogen) atoms. The molecule has 0 aliphatic rings. The summed E-state index contributed by atoms with van der Waals surface area (Å²) < 4.78 is 5.39. The molecule has 0 saturated heterocycles. The number of hydrogen-bond donors (Lipinski definition) is 1. The van der Waals surface area contributed by atoms with Crippen LogP contribution in [0.4, 0.5) is 0 Å². The molecule has 0 radical (unpaired) electrons. The number of rotatable bonds is 9. The lowest BCUT2D eigenvalue weighted by Crippen LogP contribution is -2.33. The van der Waals surface area contributed by atoms with Crippen LogP contribution >= 0.6 is 0 Å². The van der Waals surface area contributed by atoms with E-state index in [2.05, 4.69) is 60.6 Å². The topological polar surface area (TPSA) is 46.5 Å². The van der Waals surface area contributed by atoms with Crippen molar-refractivity contribution in [2.24, 2.45) is 27.6 Å². The maximum absolute atomic E-state index is 12.4. The van der Waals surface area contributed by atoms with Crippen molar-refractivity contribution in [1.82, 2.24) is 0 Å². The van der Waals surface area contributed by atoms with Crippen molar-refractivity contribution >= 4 is 5.97 Å². The largest absolute Gasteiger partial charge is 0.465 e. The number of carbonyl (C=O) groups is 1. The average molecular weight is 355 g/mol. The SMILES string of the molecule is C[C@H](CO)COC(=O)C(C)(C)CC(C)(C)/C=C\C(C)(C)CC(C)(C)C. The predicted octanol–water partition coefficient (Wildman–Crippen LogP) is 5.62. The lowest BCUT2D eigenvalue weighted by molar-refractivity contribution is -0.157. The second-order valence-corrected chi connectivity index (χ2v) is 11.0. The van der Waals surface area contributed by atoms with Crippen LogP contribution in [0.5, 0.6) is 0 Å². The molecule has 0 bridgehead atoms. The molecule has 1 N–H and O–H groups in total. The van der Waals surface area contributed by atoms with Gasteiger partial charge in [-0.05, 0) is 42.9 Å². The van der Waals surface area contributed by atoms with Crippen LogP contribution in [0, 0.1) is 27.6 Å². The van der Waals surface area contributed by atoms with Gasteiger partial charge < -0.3 is 9.84 Å². The molecule has 0 rings (SSSR count). The number of aliphatic hydroxyl groups excluding tert-OH is 1. The Balaban J connectivity index is 4.92. The van der Waals surface area contributed by atoms with Crippen molar-refractivity contribution in [3.63, 3.8) is 0 Å². The number of ether oxygens (including phenoxy) is 1. The molecule has 0 aromatic carbocycles.